The van der Waals surface area contributed by atoms with Crippen LogP contribution >= 0.6 is 0 Å². The van der Waals surface area contributed by atoms with Gasteiger partial charge in [-0.2, -0.15) is 0 Å². The van der Waals surface area contributed by atoms with E-state index in [1.807, 2.05) is 0 Å². The maximum atomic E-state index is 9.65. The molecule has 0 aromatic heterocycles. The molecule has 0 amide bonds. The predicted octanol–water partition coefficient (Wildman–Crippen LogP) is -2.20. The van der Waals surface area contributed by atoms with Gasteiger partial charge in [0.25, 0.3) is 8.05 Å². The monoisotopic (exact) mass is 220 g/mol. The van der Waals surface area contributed by atoms with Crippen LogP contribution in [0.5, 0.6) is 0 Å². The van der Waals surface area contributed by atoms with E-state index < -0.39 is 24.4 Å². The normalized spacial score (nSPS) is 20.4. The van der Waals surface area contributed by atoms with Gasteiger partial charge in [0.2, 0.25) is 1.43 Å². The van der Waals surface area contributed by atoms with Crippen LogP contribution in [0, 0.1) is 0 Å². The van der Waals surface area contributed by atoms with E-state index in [2.05, 4.69) is 5.11 Å². The zero-order chi connectivity index (χ0) is 12.6. The van der Waals surface area contributed by atoms with Crippen LogP contribution in [-0.4, -0.2) is 71.5 Å². The Morgan fingerprint density at radius 3 is 2.40 bits per heavy atom. The van der Waals surface area contributed by atoms with Gasteiger partial charge in [-0.15, -0.1) is 0 Å². The van der Waals surface area contributed by atoms with Crippen LogP contribution in [0.3, 0.4) is 0 Å². The second-order valence-corrected chi connectivity index (χ2v) is 3.04. The number of methoxy groups -OCH3 is 2. The topological polar surface area (TPSA) is 94.2 Å². The molecule has 7 heteroatoms. The second-order valence-electron chi connectivity index (χ2n) is 3.04. The van der Waals surface area contributed by atoms with Crippen molar-refractivity contribution < 1.29 is 24.3 Å². The molecule has 0 unspecified atom stereocenters. The fourth-order valence-electron chi connectivity index (χ4n) is 1.35. The first-order chi connectivity index (χ1) is 7.65. The van der Waals surface area contributed by atoms with Crippen LogP contribution < -0.4 is 5.73 Å². The van der Waals surface area contributed by atoms with Gasteiger partial charge in [-0.1, -0.05) is 0 Å². The Balaban J connectivity index is 4.59. The Morgan fingerprint density at radius 2 is 2.07 bits per heavy atom. The maximum Gasteiger partial charge on any atom is 0.283 e. The van der Waals surface area contributed by atoms with Crippen molar-refractivity contribution in [3.05, 3.63) is 0 Å². The van der Waals surface area contributed by atoms with Gasteiger partial charge < -0.3 is 30.1 Å². The Labute approximate surface area is 92.2 Å². The van der Waals surface area contributed by atoms with Crippen LogP contribution in [0.2, 0.25) is 0 Å². The van der Waals surface area contributed by atoms with E-state index in [9.17, 15) is 5.11 Å². The first kappa shape index (κ1) is 12.9. The van der Waals surface area contributed by atoms with Crippen molar-refractivity contribution in [2.45, 2.75) is 24.4 Å². The maximum absolute atomic E-state index is 9.65. The van der Waals surface area contributed by atoms with Crippen molar-refractivity contribution in [1.82, 2.24) is 0 Å². The number of ether oxygens (including phenoxy) is 2. The van der Waals surface area contributed by atoms with Gasteiger partial charge in [-0.25, -0.2) is 0 Å². The summed E-state index contributed by atoms with van der Waals surface area (Å²) in [5, 5.41) is 13.7. The van der Waals surface area contributed by atoms with Crippen LogP contribution in [-0.2, 0) is 14.1 Å². The standard InChI is InChI=1S/C8H18BNO5/c1-13-6(3-10)8(15-9)7(14-2)5(12)4-11/h5-8,11-12H,3-4,10H2,1-2H3/t5-,6+,7-,8-/m1/s1/i11D. The highest BCUT2D eigenvalue weighted by atomic mass is 16.5. The molecule has 0 aliphatic carbocycles. The summed E-state index contributed by atoms with van der Waals surface area (Å²) in [6.07, 6.45) is -3.11. The number of rotatable bonds is 9. The molecule has 0 aliphatic heterocycles. The van der Waals surface area contributed by atoms with Crippen molar-refractivity contribution in [2.24, 2.45) is 5.73 Å². The third-order valence-electron chi connectivity index (χ3n) is 2.20. The minimum absolute atomic E-state index is 0.159. The average Bonchev–Trinajstić information content (AvgIpc) is 2.29. The van der Waals surface area contributed by atoms with Gasteiger partial charge in [-0.05, 0) is 0 Å². The molecule has 2 radical (unpaired) electrons. The molecule has 0 aromatic rings. The summed E-state index contributed by atoms with van der Waals surface area (Å²) >= 11 is 0. The molecule has 0 saturated carbocycles. The lowest BCUT2D eigenvalue weighted by Crippen LogP contribution is -2.51. The number of nitrogens with two attached hydrogens (primary N) is 1. The lowest BCUT2D eigenvalue weighted by molar-refractivity contribution is -0.123. The number of hydrogen-bond acceptors (Lipinski definition) is 6. The van der Waals surface area contributed by atoms with Crippen molar-refractivity contribution in [2.75, 3.05) is 27.4 Å². The number of hydrogen-bond donors (Lipinski definition) is 3. The Hall–Kier alpha value is -0.175. The van der Waals surface area contributed by atoms with E-state index >= 15 is 0 Å². The van der Waals surface area contributed by atoms with Crippen LogP contribution in [0.15, 0.2) is 0 Å². The molecule has 0 heterocycles. The second kappa shape index (κ2) is 8.03. The predicted molar refractivity (Wildman–Crippen MR) is 54.4 cm³/mol. The summed E-state index contributed by atoms with van der Waals surface area (Å²) in [6.45, 7) is -0.0634. The van der Waals surface area contributed by atoms with E-state index in [1.54, 1.807) is 0 Å². The molecule has 0 fully saturated rings. The SMILES string of the molecule is [2H]OC[C@@H](O)[C@@H](OC)[C@H](O[B])[C@H](CN)OC. The number of aliphatic hydroxyl groups excluding tert-OH is 2. The molecule has 4 atom stereocenters. The van der Waals surface area contributed by atoms with Gasteiger partial charge in [0.05, 0.1) is 18.8 Å². The highest BCUT2D eigenvalue weighted by Gasteiger charge is 2.33. The molecule has 0 bridgehead atoms. The molecule has 88 valence electrons. The lowest BCUT2D eigenvalue weighted by atomic mass is 10.0. The fourth-order valence-corrected chi connectivity index (χ4v) is 1.35. The zero-order valence-corrected chi connectivity index (χ0v) is 8.96. The van der Waals surface area contributed by atoms with Gasteiger partial charge in [0.1, 0.15) is 12.2 Å². The summed E-state index contributed by atoms with van der Waals surface area (Å²) in [5.41, 5.74) is 5.46. The van der Waals surface area contributed by atoms with E-state index in [1.165, 1.54) is 14.2 Å². The van der Waals surface area contributed by atoms with Crippen molar-refractivity contribution in [1.29, 1.82) is 1.43 Å². The third-order valence-corrected chi connectivity index (χ3v) is 2.20. The molecule has 0 aliphatic rings. The molecule has 15 heavy (non-hydrogen) atoms. The smallest absolute Gasteiger partial charge is 0.283 e. The Bertz CT molecular complexity index is 175. The van der Waals surface area contributed by atoms with Gasteiger partial charge in [0, 0.05) is 20.8 Å². The van der Waals surface area contributed by atoms with Gasteiger partial charge in [-0.3, -0.25) is 0 Å². The summed E-state index contributed by atoms with van der Waals surface area (Å²) in [4.78, 5) is 0. The minimum atomic E-state index is -1.06. The highest BCUT2D eigenvalue weighted by Crippen LogP contribution is 2.13. The zero-order valence-electron chi connectivity index (χ0n) is 9.96. The molecule has 0 rings (SSSR count). The summed E-state index contributed by atoms with van der Waals surface area (Å²) in [6, 6.07) is 0. The Kier molecular flexibility index (Phi) is 6.90. The van der Waals surface area contributed by atoms with E-state index in [0.717, 1.165) is 0 Å². The first-order valence-electron chi connectivity index (χ1n) is 4.94. The molecule has 0 saturated heterocycles. The summed E-state index contributed by atoms with van der Waals surface area (Å²) in [7, 11) is 7.95. The molecule has 4 N–H and O–H groups in total. The van der Waals surface area contributed by atoms with E-state index in [0.29, 0.717) is 0 Å². The van der Waals surface area contributed by atoms with Crippen LogP contribution in [0.1, 0.15) is 0 Å². The van der Waals surface area contributed by atoms with Crippen molar-refractivity contribution in [3.63, 3.8) is 0 Å². The first-order valence-corrected chi connectivity index (χ1v) is 4.53. The minimum Gasteiger partial charge on any atom is -0.440 e. The van der Waals surface area contributed by atoms with Crippen LogP contribution in [0.25, 0.3) is 0 Å². The molecule has 0 aromatic carbocycles. The van der Waals surface area contributed by atoms with Crippen LogP contribution in [0.4, 0.5) is 0 Å². The van der Waals surface area contributed by atoms with Gasteiger partial charge >= 0.3 is 0 Å². The average molecular weight is 220 g/mol. The van der Waals surface area contributed by atoms with Crippen molar-refractivity contribution in [3.8, 4) is 0 Å². The van der Waals surface area contributed by atoms with E-state index in [-0.39, 0.29) is 13.2 Å². The molecule has 0 spiro atoms. The Morgan fingerprint density at radius 1 is 1.40 bits per heavy atom. The van der Waals surface area contributed by atoms with Crippen molar-refractivity contribution >= 4 is 8.05 Å². The molecule has 6 nitrogen and oxygen atoms in total. The quantitative estimate of drug-likeness (QED) is 0.381. The van der Waals surface area contributed by atoms with Gasteiger partial charge in [0.15, 0.2) is 0 Å². The highest BCUT2D eigenvalue weighted by molar-refractivity contribution is 5.98. The largest absolute Gasteiger partial charge is 0.440 e. The number of aliphatic hydroxyl groups is 2. The fraction of sp³-hybridized carbons (Fsp3) is 1.00. The van der Waals surface area contributed by atoms with E-state index in [4.69, 9.17) is 29.3 Å². The molecular weight excluding hydrogens is 201 g/mol. The third kappa shape index (κ3) is 4.06. The summed E-state index contributed by atoms with van der Waals surface area (Å²) < 4.78 is 21.4. The summed E-state index contributed by atoms with van der Waals surface area (Å²) in [5.74, 6) is 0. The lowest BCUT2D eigenvalue weighted by Gasteiger charge is -2.33. The molecular formula is C8H18BNO5.